The summed E-state index contributed by atoms with van der Waals surface area (Å²) in [6.45, 7) is 4.51. The van der Waals surface area contributed by atoms with Gasteiger partial charge in [0, 0.05) is 16.7 Å². The monoisotopic (exact) mass is 450 g/mol. The van der Waals surface area contributed by atoms with Crippen molar-refractivity contribution in [2.24, 2.45) is 0 Å². The van der Waals surface area contributed by atoms with Gasteiger partial charge in [0.2, 0.25) is 0 Å². The first kappa shape index (κ1) is 27.1. The number of hydrogen-bond donors (Lipinski definition) is 0. The van der Waals surface area contributed by atoms with Crippen LogP contribution in [0.25, 0.3) is 0 Å². The Bertz CT molecular complexity index is 985. The summed E-state index contributed by atoms with van der Waals surface area (Å²) in [5.74, 6) is 2.51. The molecule has 0 radical (unpaired) electrons. The van der Waals surface area contributed by atoms with Crippen molar-refractivity contribution in [2.45, 2.75) is 20.8 Å². The molecule has 0 unspecified atom stereocenters. The lowest BCUT2D eigenvalue weighted by Gasteiger charge is -2.00. The van der Waals surface area contributed by atoms with Crippen LogP contribution < -0.4 is 14.2 Å². The molecule has 6 nitrogen and oxygen atoms in total. The molecule has 0 aromatic heterocycles. The van der Waals surface area contributed by atoms with Crippen molar-refractivity contribution in [3.05, 3.63) is 89.5 Å². The van der Waals surface area contributed by atoms with Gasteiger partial charge in [-0.25, -0.2) is 0 Å². The highest BCUT2D eigenvalue weighted by Crippen LogP contribution is 2.16. The van der Waals surface area contributed by atoms with Gasteiger partial charge >= 0.3 is 0 Å². The van der Waals surface area contributed by atoms with Crippen LogP contribution in [0, 0.1) is 0 Å². The van der Waals surface area contributed by atoms with E-state index in [1.165, 1.54) is 13.8 Å². The molecule has 3 aromatic carbocycles. The van der Waals surface area contributed by atoms with Gasteiger partial charge in [0.1, 0.15) is 17.2 Å². The van der Waals surface area contributed by atoms with Crippen molar-refractivity contribution in [1.82, 2.24) is 0 Å². The second-order valence-corrected chi connectivity index (χ2v) is 6.86. The average Bonchev–Trinajstić information content (AvgIpc) is 2.85. The molecule has 0 aliphatic carbocycles. The first-order valence-corrected chi connectivity index (χ1v) is 10.2. The van der Waals surface area contributed by atoms with E-state index in [2.05, 4.69) is 0 Å². The molecule has 3 aromatic rings. The fourth-order valence-corrected chi connectivity index (χ4v) is 2.49. The van der Waals surface area contributed by atoms with Crippen molar-refractivity contribution in [3.8, 4) is 17.2 Å². The van der Waals surface area contributed by atoms with E-state index in [0.29, 0.717) is 16.7 Å². The molecule has 174 valence electrons. The van der Waals surface area contributed by atoms with Gasteiger partial charge in [-0.15, -0.1) is 0 Å². The number of hydrogen-bond acceptors (Lipinski definition) is 6. The zero-order chi connectivity index (χ0) is 24.8. The van der Waals surface area contributed by atoms with Gasteiger partial charge in [-0.1, -0.05) is 18.2 Å². The Balaban J connectivity index is 0.000000249. The van der Waals surface area contributed by atoms with E-state index in [9.17, 15) is 14.4 Å². The summed E-state index contributed by atoms with van der Waals surface area (Å²) in [6, 6.07) is 21.2. The SMILES string of the molecule is CC(=O)c1cccc(C(C)=O)c1.COc1ccc(C(C)=O)cc1.COc1ccc(OC)cc1. The van der Waals surface area contributed by atoms with Crippen LogP contribution in [-0.2, 0) is 0 Å². The molecular weight excluding hydrogens is 420 g/mol. The number of rotatable bonds is 6. The Labute approximate surface area is 195 Å². The quantitative estimate of drug-likeness (QED) is 0.449. The van der Waals surface area contributed by atoms with Crippen molar-refractivity contribution >= 4 is 17.3 Å². The smallest absolute Gasteiger partial charge is 0.159 e. The highest BCUT2D eigenvalue weighted by Gasteiger charge is 2.02. The maximum absolute atomic E-state index is 10.9. The Morgan fingerprint density at radius 3 is 1.06 bits per heavy atom. The summed E-state index contributed by atoms with van der Waals surface area (Å²) in [4.78, 5) is 32.6. The number of benzene rings is 3. The third-order valence-corrected chi connectivity index (χ3v) is 4.47. The molecule has 0 bridgehead atoms. The molecular formula is C27H30O6. The van der Waals surface area contributed by atoms with Gasteiger partial charge in [0.05, 0.1) is 21.3 Å². The van der Waals surface area contributed by atoms with Crippen molar-refractivity contribution < 1.29 is 28.6 Å². The lowest BCUT2D eigenvalue weighted by atomic mass is 10.1. The third kappa shape index (κ3) is 9.82. The second-order valence-electron chi connectivity index (χ2n) is 6.86. The Morgan fingerprint density at radius 2 is 0.788 bits per heavy atom. The second kappa shape index (κ2) is 14.2. The zero-order valence-corrected chi connectivity index (χ0v) is 19.9. The van der Waals surface area contributed by atoms with E-state index in [1.54, 1.807) is 76.8 Å². The van der Waals surface area contributed by atoms with Crippen LogP contribution in [0.5, 0.6) is 17.2 Å². The fourth-order valence-electron chi connectivity index (χ4n) is 2.49. The average molecular weight is 451 g/mol. The van der Waals surface area contributed by atoms with E-state index in [-0.39, 0.29) is 17.3 Å². The van der Waals surface area contributed by atoms with Crippen LogP contribution in [0.1, 0.15) is 51.8 Å². The first-order valence-electron chi connectivity index (χ1n) is 10.2. The molecule has 0 atom stereocenters. The highest BCUT2D eigenvalue weighted by atomic mass is 16.5. The normalized spacial score (nSPS) is 9.27. The van der Waals surface area contributed by atoms with Crippen LogP contribution in [-0.4, -0.2) is 38.7 Å². The molecule has 0 aliphatic rings. The standard InChI is InChI=1S/C10H10O2.C9H10O2.C8H10O2/c1-7(11)9-4-3-5-10(6-9)8(2)12;1-7(10)8-3-5-9(11-2)6-4-8;1-9-7-3-5-8(10-2)6-4-7/h3-6H,1-2H3;3-6H,1-2H3;3-6H,1-2H3. The van der Waals surface area contributed by atoms with Gasteiger partial charge in [-0.2, -0.15) is 0 Å². The summed E-state index contributed by atoms with van der Waals surface area (Å²) in [6.07, 6.45) is 0. The van der Waals surface area contributed by atoms with E-state index >= 15 is 0 Å². The topological polar surface area (TPSA) is 78.9 Å². The molecule has 0 heterocycles. The molecule has 6 heteroatoms. The Kier molecular flexibility index (Phi) is 11.7. The first-order chi connectivity index (χ1) is 15.7. The maximum Gasteiger partial charge on any atom is 0.159 e. The van der Waals surface area contributed by atoms with Gasteiger partial charge in [0.25, 0.3) is 0 Å². The molecule has 0 fully saturated rings. The van der Waals surface area contributed by atoms with E-state index in [0.717, 1.165) is 17.2 Å². The Hall–Kier alpha value is -3.93. The van der Waals surface area contributed by atoms with E-state index in [4.69, 9.17) is 14.2 Å². The molecule has 0 spiro atoms. The fraction of sp³-hybridized carbons (Fsp3) is 0.222. The molecule has 0 N–H and O–H groups in total. The number of methoxy groups -OCH3 is 3. The lowest BCUT2D eigenvalue weighted by molar-refractivity contribution is 0.100. The van der Waals surface area contributed by atoms with Gasteiger partial charge in [0.15, 0.2) is 17.3 Å². The third-order valence-electron chi connectivity index (χ3n) is 4.47. The van der Waals surface area contributed by atoms with Crippen molar-refractivity contribution in [3.63, 3.8) is 0 Å². The molecule has 0 amide bonds. The van der Waals surface area contributed by atoms with E-state index in [1.807, 2.05) is 24.3 Å². The predicted molar refractivity (Wildman–Crippen MR) is 129 cm³/mol. The van der Waals surface area contributed by atoms with Crippen LogP contribution in [0.3, 0.4) is 0 Å². The van der Waals surface area contributed by atoms with Gasteiger partial charge in [-0.3, -0.25) is 14.4 Å². The summed E-state index contributed by atoms with van der Waals surface area (Å²) in [7, 11) is 4.88. The molecule has 0 saturated heterocycles. The van der Waals surface area contributed by atoms with E-state index < -0.39 is 0 Å². The Morgan fingerprint density at radius 1 is 0.485 bits per heavy atom. The predicted octanol–water partition coefficient (Wildman–Crippen LogP) is 5.69. The molecule has 0 saturated carbocycles. The molecule has 33 heavy (non-hydrogen) atoms. The van der Waals surface area contributed by atoms with Crippen LogP contribution in [0.15, 0.2) is 72.8 Å². The van der Waals surface area contributed by atoms with Crippen LogP contribution in [0.4, 0.5) is 0 Å². The summed E-state index contributed by atoms with van der Waals surface area (Å²) < 4.78 is 14.9. The van der Waals surface area contributed by atoms with Gasteiger partial charge in [-0.05, 0) is 75.4 Å². The van der Waals surface area contributed by atoms with Crippen LogP contribution >= 0.6 is 0 Å². The highest BCUT2D eigenvalue weighted by molar-refractivity contribution is 5.99. The number of ether oxygens (including phenoxy) is 3. The minimum Gasteiger partial charge on any atom is -0.497 e. The zero-order valence-electron chi connectivity index (χ0n) is 19.9. The molecule has 3 rings (SSSR count). The largest absolute Gasteiger partial charge is 0.497 e. The maximum atomic E-state index is 10.9. The number of carbonyl (C=O) groups excluding carboxylic acids is 3. The van der Waals surface area contributed by atoms with Gasteiger partial charge < -0.3 is 14.2 Å². The minimum absolute atomic E-state index is 0.0156. The number of carbonyl (C=O) groups is 3. The summed E-state index contributed by atoms with van der Waals surface area (Å²) >= 11 is 0. The summed E-state index contributed by atoms with van der Waals surface area (Å²) in [5.41, 5.74) is 1.89. The lowest BCUT2D eigenvalue weighted by Crippen LogP contribution is -1.96. The van der Waals surface area contributed by atoms with Crippen LogP contribution in [0.2, 0.25) is 0 Å². The molecule has 0 aliphatic heterocycles. The van der Waals surface area contributed by atoms with Crippen molar-refractivity contribution in [2.75, 3.05) is 21.3 Å². The number of Topliss-reactive ketones (excluding diaryl/α,β-unsaturated/α-hetero) is 3. The van der Waals surface area contributed by atoms with Crippen molar-refractivity contribution in [1.29, 1.82) is 0 Å². The number of ketones is 3. The minimum atomic E-state index is -0.0156. The summed E-state index contributed by atoms with van der Waals surface area (Å²) in [5, 5.41) is 0.